The number of amides is 1. The number of rotatable bonds is 3. The molecule has 2 heterocycles. The van der Waals surface area contributed by atoms with Gasteiger partial charge in [0, 0.05) is 4.88 Å². The van der Waals surface area contributed by atoms with Crippen LogP contribution in [0.25, 0.3) is 0 Å². The van der Waals surface area contributed by atoms with Gasteiger partial charge in [0.1, 0.15) is 11.1 Å². The van der Waals surface area contributed by atoms with Gasteiger partial charge in [-0.2, -0.15) is 5.26 Å². The lowest BCUT2D eigenvalue weighted by atomic mass is 9.90. The van der Waals surface area contributed by atoms with Crippen LogP contribution in [0.4, 0.5) is 5.00 Å². The molecule has 2 rings (SSSR count). The zero-order valence-electron chi connectivity index (χ0n) is 12.2. The van der Waals surface area contributed by atoms with Crippen molar-refractivity contribution in [2.24, 2.45) is 5.92 Å². The molecule has 2 atom stereocenters. The number of nitrogens with zero attached hydrogens (tertiary/aromatic N) is 1. The van der Waals surface area contributed by atoms with Crippen LogP contribution in [0.3, 0.4) is 0 Å². The molecule has 4 nitrogen and oxygen atoms in total. The highest BCUT2D eigenvalue weighted by atomic mass is 32.1. The van der Waals surface area contributed by atoms with Crippen molar-refractivity contribution in [2.45, 2.75) is 46.1 Å². The normalized spacial score (nSPS) is 22.3. The summed E-state index contributed by atoms with van der Waals surface area (Å²) < 4.78 is 0. The zero-order valence-corrected chi connectivity index (χ0v) is 13.1. The fourth-order valence-corrected chi connectivity index (χ4v) is 3.63. The lowest BCUT2D eigenvalue weighted by molar-refractivity contribution is -0.119. The summed E-state index contributed by atoms with van der Waals surface area (Å²) >= 11 is 1.48. The van der Waals surface area contributed by atoms with Crippen molar-refractivity contribution in [2.75, 3.05) is 11.9 Å². The molecule has 1 aliphatic heterocycles. The van der Waals surface area contributed by atoms with E-state index in [0.29, 0.717) is 16.5 Å². The Hall–Kier alpha value is -1.38. The molecule has 2 unspecified atom stereocenters. The fourth-order valence-electron chi connectivity index (χ4n) is 2.62. The molecule has 1 fully saturated rings. The first-order chi connectivity index (χ1) is 9.56. The predicted molar refractivity (Wildman–Crippen MR) is 81.9 cm³/mol. The largest absolute Gasteiger partial charge is 0.315 e. The second-order valence-corrected chi connectivity index (χ2v) is 6.62. The molecule has 1 saturated heterocycles. The lowest BCUT2D eigenvalue weighted by Gasteiger charge is -2.28. The van der Waals surface area contributed by atoms with E-state index in [0.717, 1.165) is 36.2 Å². The minimum absolute atomic E-state index is 0.0131. The van der Waals surface area contributed by atoms with Crippen LogP contribution in [0.1, 0.15) is 42.2 Å². The Morgan fingerprint density at radius 3 is 2.95 bits per heavy atom. The number of anilines is 1. The number of carbonyl (C=O) groups excluding carboxylic acids is 1. The smallest absolute Gasteiger partial charge is 0.242 e. The zero-order chi connectivity index (χ0) is 14.7. The molecule has 1 aromatic rings. The standard InChI is InChI=1S/C15H21N3OS/c1-4-11-5-6-17-13(7-11)14(19)18-15-12(8-16)9(2)10(3)20-15/h11,13,17H,4-7H2,1-3H3,(H,18,19). The summed E-state index contributed by atoms with van der Waals surface area (Å²) in [5, 5.41) is 16.1. The van der Waals surface area contributed by atoms with Gasteiger partial charge in [-0.15, -0.1) is 11.3 Å². The van der Waals surface area contributed by atoms with Crippen LogP contribution in [-0.2, 0) is 4.79 Å². The van der Waals surface area contributed by atoms with Gasteiger partial charge in [-0.1, -0.05) is 13.3 Å². The van der Waals surface area contributed by atoms with Gasteiger partial charge in [0.15, 0.2) is 0 Å². The maximum absolute atomic E-state index is 12.3. The summed E-state index contributed by atoms with van der Waals surface area (Å²) in [5.41, 5.74) is 1.57. The van der Waals surface area contributed by atoms with Crippen molar-refractivity contribution in [1.29, 1.82) is 5.26 Å². The minimum Gasteiger partial charge on any atom is -0.315 e. The number of carbonyl (C=O) groups is 1. The van der Waals surface area contributed by atoms with Gasteiger partial charge in [0.05, 0.1) is 11.6 Å². The van der Waals surface area contributed by atoms with Crippen molar-refractivity contribution in [3.8, 4) is 6.07 Å². The highest BCUT2D eigenvalue weighted by Gasteiger charge is 2.27. The number of aryl methyl sites for hydroxylation is 1. The average Bonchev–Trinajstić information content (AvgIpc) is 2.73. The van der Waals surface area contributed by atoms with Crippen molar-refractivity contribution < 1.29 is 4.79 Å². The number of hydrogen-bond donors (Lipinski definition) is 2. The Bertz CT molecular complexity index is 544. The predicted octanol–water partition coefficient (Wildman–Crippen LogP) is 2.95. The third-order valence-electron chi connectivity index (χ3n) is 4.14. The maximum Gasteiger partial charge on any atom is 0.242 e. The van der Waals surface area contributed by atoms with Crippen LogP contribution in [0.15, 0.2) is 0 Å². The molecule has 0 radical (unpaired) electrons. The van der Waals surface area contributed by atoms with E-state index >= 15 is 0 Å². The highest BCUT2D eigenvalue weighted by Crippen LogP contribution is 2.32. The monoisotopic (exact) mass is 291 g/mol. The third kappa shape index (κ3) is 3.02. The summed E-state index contributed by atoms with van der Waals surface area (Å²) in [7, 11) is 0. The summed E-state index contributed by atoms with van der Waals surface area (Å²) in [5.74, 6) is 0.607. The van der Waals surface area contributed by atoms with Crippen LogP contribution in [0.2, 0.25) is 0 Å². The van der Waals surface area contributed by atoms with Crippen LogP contribution >= 0.6 is 11.3 Å². The van der Waals surface area contributed by atoms with Crippen molar-refractivity contribution in [3.05, 3.63) is 16.0 Å². The molecule has 1 amide bonds. The van der Waals surface area contributed by atoms with Crippen LogP contribution in [0, 0.1) is 31.1 Å². The molecule has 0 bridgehead atoms. The Labute approximate surface area is 124 Å². The molecule has 0 spiro atoms. The Balaban J connectivity index is 2.08. The van der Waals surface area contributed by atoms with Gasteiger partial charge >= 0.3 is 0 Å². The van der Waals surface area contributed by atoms with Gasteiger partial charge < -0.3 is 10.6 Å². The van der Waals surface area contributed by atoms with E-state index in [2.05, 4.69) is 23.6 Å². The van der Waals surface area contributed by atoms with E-state index in [1.54, 1.807) is 0 Å². The quantitative estimate of drug-likeness (QED) is 0.900. The summed E-state index contributed by atoms with van der Waals surface area (Å²) in [6.45, 7) is 6.96. The average molecular weight is 291 g/mol. The molecule has 0 aliphatic carbocycles. The Kier molecular flexibility index (Phi) is 4.79. The molecule has 1 aliphatic rings. The van der Waals surface area contributed by atoms with E-state index in [1.165, 1.54) is 11.3 Å². The van der Waals surface area contributed by atoms with Crippen LogP contribution in [-0.4, -0.2) is 18.5 Å². The maximum atomic E-state index is 12.3. The molecule has 2 N–H and O–H groups in total. The van der Waals surface area contributed by atoms with Crippen molar-refractivity contribution in [1.82, 2.24) is 5.32 Å². The van der Waals surface area contributed by atoms with E-state index in [4.69, 9.17) is 0 Å². The topological polar surface area (TPSA) is 64.9 Å². The van der Waals surface area contributed by atoms with Crippen LogP contribution in [0.5, 0.6) is 0 Å². The molecular weight excluding hydrogens is 270 g/mol. The van der Waals surface area contributed by atoms with Crippen molar-refractivity contribution in [3.63, 3.8) is 0 Å². The number of thiophene rings is 1. The minimum atomic E-state index is -0.136. The first kappa shape index (κ1) is 15.0. The fraction of sp³-hybridized carbons (Fsp3) is 0.600. The number of hydrogen-bond acceptors (Lipinski definition) is 4. The van der Waals surface area contributed by atoms with Gasteiger partial charge in [0.25, 0.3) is 0 Å². The molecule has 5 heteroatoms. The van der Waals surface area contributed by atoms with Gasteiger partial charge in [-0.05, 0) is 44.7 Å². The SMILES string of the molecule is CCC1CCNC(C(=O)Nc2sc(C)c(C)c2C#N)C1. The van der Waals surface area contributed by atoms with Crippen molar-refractivity contribution >= 4 is 22.2 Å². The van der Waals surface area contributed by atoms with E-state index in [9.17, 15) is 10.1 Å². The van der Waals surface area contributed by atoms with Crippen LogP contribution < -0.4 is 10.6 Å². The van der Waals surface area contributed by atoms with E-state index in [1.807, 2.05) is 13.8 Å². The summed E-state index contributed by atoms with van der Waals surface area (Å²) in [6, 6.07) is 2.05. The third-order valence-corrected chi connectivity index (χ3v) is 5.26. The first-order valence-corrected chi connectivity index (χ1v) is 7.92. The molecule has 0 saturated carbocycles. The number of nitriles is 1. The lowest BCUT2D eigenvalue weighted by Crippen LogP contribution is -2.46. The van der Waals surface area contributed by atoms with Gasteiger partial charge in [-0.25, -0.2) is 0 Å². The Morgan fingerprint density at radius 2 is 2.30 bits per heavy atom. The molecule has 20 heavy (non-hydrogen) atoms. The second kappa shape index (κ2) is 6.38. The second-order valence-electron chi connectivity index (χ2n) is 5.39. The Morgan fingerprint density at radius 1 is 1.55 bits per heavy atom. The van der Waals surface area contributed by atoms with E-state index in [-0.39, 0.29) is 11.9 Å². The van der Waals surface area contributed by atoms with Gasteiger partial charge in [-0.3, -0.25) is 4.79 Å². The summed E-state index contributed by atoms with van der Waals surface area (Å²) in [4.78, 5) is 13.4. The molecule has 0 aromatic carbocycles. The molecule has 1 aromatic heterocycles. The number of nitrogens with one attached hydrogen (secondary N) is 2. The van der Waals surface area contributed by atoms with E-state index < -0.39 is 0 Å². The first-order valence-electron chi connectivity index (χ1n) is 7.11. The van der Waals surface area contributed by atoms with Gasteiger partial charge in [0.2, 0.25) is 5.91 Å². The summed E-state index contributed by atoms with van der Waals surface area (Å²) in [6.07, 6.45) is 3.14. The number of piperidine rings is 1. The molecule has 108 valence electrons. The molecular formula is C15H21N3OS. The highest BCUT2D eigenvalue weighted by molar-refractivity contribution is 7.16.